The zero-order valence-electron chi connectivity index (χ0n) is 15.2. The molecule has 8 nitrogen and oxygen atoms in total. The largest absolute Gasteiger partial charge is 0.352 e. The highest BCUT2D eigenvalue weighted by atomic mass is 35.5. The highest BCUT2D eigenvalue weighted by Gasteiger charge is 2.17. The molecule has 0 aliphatic carbocycles. The highest BCUT2D eigenvalue weighted by Crippen LogP contribution is 2.25. The zero-order valence-corrected chi connectivity index (χ0v) is 16.8. The van der Waals surface area contributed by atoms with Crippen LogP contribution < -0.4 is 5.32 Å². The zero-order chi connectivity index (χ0) is 21.3. The lowest BCUT2D eigenvalue weighted by Crippen LogP contribution is -2.26. The second kappa shape index (κ2) is 8.17. The summed E-state index contributed by atoms with van der Waals surface area (Å²) in [4.78, 5) is 27.6. The monoisotopic (exact) mass is 445 g/mol. The summed E-state index contributed by atoms with van der Waals surface area (Å²) >= 11 is 7.13. The summed E-state index contributed by atoms with van der Waals surface area (Å²) in [5.74, 6) is -0.563. The number of fused-ring (bicyclic) bond motifs is 1. The maximum atomic E-state index is 14.0. The minimum absolute atomic E-state index is 0.0333. The topological polar surface area (TPSA) is 102 Å². The van der Waals surface area contributed by atoms with Crippen LogP contribution in [0.5, 0.6) is 0 Å². The van der Waals surface area contributed by atoms with Gasteiger partial charge >= 0.3 is 0 Å². The number of nitro benzene ring substituents is 1. The van der Waals surface area contributed by atoms with E-state index in [0.717, 1.165) is 11.8 Å². The lowest BCUT2D eigenvalue weighted by atomic mass is 10.2. The lowest BCUT2D eigenvalue weighted by Gasteiger charge is -2.05. The average molecular weight is 446 g/mol. The van der Waals surface area contributed by atoms with Gasteiger partial charge in [0.1, 0.15) is 10.8 Å². The van der Waals surface area contributed by atoms with Gasteiger partial charge in [0.2, 0.25) is 4.96 Å². The summed E-state index contributed by atoms with van der Waals surface area (Å²) in [6, 6.07) is 10.1. The summed E-state index contributed by atoms with van der Waals surface area (Å²) in [6.45, 7) is 0.274. The molecule has 0 radical (unpaired) electrons. The van der Waals surface area contributed by atoms with E-state index in [1.165, 1.54) is 29.5 Å². The smallest absolute Gasteiger partial charge is 0.288 e. The number of rotatable bonds is 6. The summed E-state index contributed by atoms with van der Waals surface area (Å²) < 4.78 is 15.6. The van der Waals surface area contributed by atoms with Crippen molar-refractivity contribution in [2.45, 2.75) is 6.42 Å². The van der Waals surface area contributed by atoms with E-state index in [9.17, 15) is 19.3 Å². The molecule has 0 saturated heterocycles. The Bertz CT molecular complexity index is 1270. The Morgan fingerprint density at radius 1 is 1.30 bits per heavy atom. The number of benzene rings is 2. The molecule has 0 aliphatic heterocycles. The average Bonchev–Trinajstić information content (AvgIpc) is 3.30. The summed E-state index contributed by atoms with van der Waals surface area (Å²) in [6.07, 6.45) is 0.446. The van der Waals surface area contributed by atoms with Crippen molar-refractivity contribution >= 4 is 39.5 Å². The maximum absolute atomic E-state index is 14.0. The Balaban J connectivity index is 1.46. The van der Waals surface area contributed by atoms with E-state index < -0.39 is 16.6 Å². The van der Waals surface area contributed by atoms with Gasteiger partial charge in [-0.3, -0.25) is 14.9 Å². The highest BCUT2D eigenvalue weighted by molar-refractivity contribution is 7.15. The van der Waals surface area contributed by atoms with Gasteiger partial charge in [-0.1, -0.05) is 23.7 Å². The van der Waals surface area contributed by atoms with Crippen molar-refractivity contribution in [3.63, 3.8) is 0 Å². The molecule has 1 N–H and O–H groups in total. The second-order valence-corrected chi connectivity index (χ2v) is 7.51. The Morgan fingerprint density at radius 3 is 2.87 bits per heavy atom. The number of halogens is 2. The van der Waals surface area contributed by atoms with E-state index >= 15 is 0 Å². The molecule has 0 fully saturated rings. The third-order valence-corrected chi connectivity index (χ3v) is 5.52. The summed E-state index contributed by atoms with van der Waals surface area (Å²) in [7, 11) is 0. The first kappa shape index (κ1) is 19.9. The van der Waals surface area contributed by atoms with Crippen molar-refractivity contribution in [1.82, 2.24) is 19.9 Å². The van der Waals surface area contributed by atoms with Gasteiger partial charge in [-0.2, -0.15) is 4.98 Å². The molecule has 2 aromatic carbocycles. The first-order valence-electron chi connectivity index (χ1n) is 8.74. The van der Waals surface area contributed by atoms with Crippen LogP contribution in [0, 0.1) is 15.9 Å². The van der Waals surface area contributed by atoms with Gasteiger partial charge in [0.05, 0.1) is 16.2 Å². The van der Waals surface area contributed by atoms with Gasteiger partial charge in [0, 0.05) is 30.0 Å². The number of carbonyl (C=O) groups is 1. The Labute approximate surface area is 178 Å². The molecule has 0 unspecified atom stereocenters. The van der Waals surface area contributed by atoms with Gasteiger partial charge < -0.3 is 5.32 Å². The third kappa shape index (κ3) is 3.87. The molecular weight excluding hydrogens is 433 g/mol. The van der Waals surface area contributed by atoms with Crippen molar-refractivity contribution in [1.29, 1.82) is 0 Å². The molecule has 0 atom stereocenters. The van der Waals surface area contributed by atoms with E-state index in [-0.39, 0.29) is 22.8 Å². The standard InChI is InChI=1S/C19H13ClFN5O3S/c20-14-6-5-11(9-16(14)26(28)29)18(27)22-8-7-12-10-30-19-23-17(24-25(12)19)13-3-1-2-4-15(13)21/h1-6,9-10H,7-8H2,(H,22,27). The van der Waals surface area contributed by atoms with E-state index in [0.29, 0.717) is 22.8 Å². The van der Waals surface area contributed by atoms with Crippen molar-refractivity contribution in [2.75, 3.05) is 6.54 Å². The Morgan fingerprint density at radius 2 is 2.10 bits per heavy atom. The summed E-state index contributed by atoms with van der Waals surface area (Å²) in [5, 5.41) is 19.9. The third-order valence-electron chi connectivity index (χ3n) is 4.34. The molecule has 0 bridgehead atoms. The van der Waals surface area contributed by atoms with Crippen LogP contribution in [0.25, 0.3) is 16.3 Å². The van der Waals surface area contributed by atoms with Crippen LogP contribution in [0.2, 0.25) is 5.02 Å². The minimum Gasteiger partial charge on any atom is -0.352 e. The minimum atomic E-state index is -0.640. The fraction of sp³-hybridized carbons (Fsp3) is 0.105. The molecule has 0 spiro atoms. The molecule has 4 rings (SSSR count). The lowest BCUT2D eigenvalue weighted by molar-refractivity contribution is -0.384. The van der Waals surface area contributed by atoms with Crippen LogP contribution in [-0.2, 0) is 6.42 Å². The van der Waals surface area contributed by atoms with E-state index in [1.54, 1.807) is 22.7 Å². The first-order valence-corrected chi connectivity index (χ1v) is 10.00. The van der Waals surface area contributed by atoms with E-state index in [1.807, 2.05) is 5.38 Å². The second-order valence-electron chi connectivity index (χ2n) is 6.27. The molecule has 2 aromatic heterocycles. The molecule has 2 heterocycles. The fourth-order valence-corrected chi connectivity index (χ4v) is 3.90. The Hall–Kier alpha value is -3.37. The number of nitrogens with one attached hydrogen (secondary N) is 1. The maximum Gasteiger partial charge on any atom is 0.288 e. The van der Waals surface area contributed by atoms with Crippen molar-refractivity contribution in [3.05, 3.63) is 80.1 Å². The number of hydrogen-bond acceptors (Lipinski definition) is 6. The predicted molar refractivity (Wildman–Crippen MR) is 110 cm³/mol. The predicted octanol–water partition coefficient (Wildman–Crippen LogP) is 4.13. The van der Waals surface area contributed by atoms with Crippen LogP contribution >= 0.6 is 22.9 Å². The molecule has 1 amide bonds. The van der Waals surface area contributed by atoms with Crippen LogP contribution in [0.3, 0.4) is 0 Å². The molecular formula is C19H13ClFN5O3S. The van der Waals surface area contributed by atoms with E-state index in [4.69, 9.17) is 11.6 Å². The fourth-order valence-electron chi connectivity index (χ4n) is 2.85. The van der Waals surface area contributed by atoms with Gasteiger partial charge in [-0.15, -0.1) is 16.4 Å². The quantitative estimate of drug-likeness (QED) is 0.355. The number of amides is 1. The first-order chi connectivity index (χ1) is 14.4. The van der Waals surface area contributed by atoms with Crippen molar-refractivity contribution < 1.29 is 14.1 Å². The van der Waals surface area contributed by atoms with Crippen LogP contribution in [-0.4, -0.2) is 32.0 Å². The van der Waals surface area contributed by atoms with Crippen molar-refractivity contribution in [3.8, 4) is 11.4 Å². The number of nitro groups is 1. The molecule has 152 valence electrons. The molecule has 4 aromatic rings. The van der Waals surface area contributed by atoms with Crippen LogP contribution in [0.15, 0.2) is 47.8 Å². The molecule has 30 heavy (non-hydrogen) atoms. The van der Waals surface area contributed by atoms with Gasteiger partial charge in [-0.25, -0.2) is 8.91 Å². The van der Waals surface area contributed by atoms with Crippen molar-refractivity contribution in [2.24, 2.45) is 0 Å². The number of hydrogen-bond donors (Lipinski definition) is 1. The van der Waals surface area contributed by atoms with Gasteiger partial charge in [0.15, 0.2) is 5.82 Å². The van der Waals surface area contributed by atoms with Gasteiger partial charge in [0.25, 0.3) is 11.6 Å². The molecule has 0 aliphatic rings. The number of carbonyl (C=O) groups excluding carboxylic acids is 1. The summed E-state index contributed by atoms with van der Waals surface area (Å²) in [5.41, 5.74) is 0.931. The van der Waals surface area contributed by atoms with Crippen LogP contribution in [0.4, 0.5) is 10.1 Å². The van der Waals surface area contributed by atoms with Gasteiger partial charge in [-0.05, 0) is 24.3 Å². The molecule has 0 saturated carbocycles. The number of thiazole rings is 1. The normalized spacial score (nSPS) is 11.0. The molecule has 11 heteroatoms. The number of nitrogens with zero attached hydrogens (tertiary/aromatic N) is 4. The van der Waals surface area contributed by atoms with Crippen LogP contribution in [0.1, 0.15) is 16.1 Å². The van der Waals surface area contributed by atoms with E-state index in [2.05, 4.69) is 15.4 Å². The Kier molecular flexibility index (Phi) is 5.42. The number of aromatic nitrogens is 3. The SMILES string of the molecule is O=C(NCCc1csc2nc(-c3ccccc3F)nn12)c1ccc(Cl)c([N+](=O)[O-])c1.